The van der Waals surface area contributed by atoms with Crippen molar-refractivity contribution in [1.29, 1.82) is 0 Å². The molecule has 0 saturated heterocycles. The fourth-order valence-electron chi connectivity index (χ4n) is 4.00. The van der Waals surface area contributed by atoms with E-state index < -0.39 is 0 Å². The lowest BCUT2D eigenvalue weighted by Crippen LogP contribution is -2.29. The zero-order chi connectivity index (χ0) is 17.2. The van der Waals surface area contributed by atoms with E-state index in [0.29, 0.717) is 0 Å². The third-order valence-electron chi connectivity index (χ3n) is 5.45. The minimum absolute atomic E-state index is 0.113. The number of hydrogen-bond donors (Lipinski definition) is 0. The van der Waals surface area contributed by atoms with Crippen molar-refractivity contribution in [3.8, 4) is 5.75 Å². The van der Waals surface area contributed by atoms with Gasteiger partial charge in [-0.05, 0) is 71.5 Å². The van der Waals surface area contributed by atoms with E-state index in [-0.39, 0.29) is 11.2 Å². The van der Waals surface area contributed by atoms with E-state index in [9.17, 15) is 4.79 Å². The lowest BCUT2D eigenvalue weighted by Gasteiger charge is -2.34. The zero-order valence-corrected chi connectivity index (χ0v) is 15.0. The minimum atomic E-state index is -0.216. The molecule has 0 atom stereocenters. The summed E-state index contributed by atoms with van der Waals surface area (Å²) in [6.07, 6.45) is 0.778. The Morgan fingerprint density at radius 3 is 2.58 bits per heavy atom. The Bertz CT molecular complexity index is 935. The number of rotatable bonds is 1. The Morgan fingerprint density at radius 1 is 1.12 bits per heavy atom. The SMILES string of the molecule is COc1ccc2c(c1)C(C)(C)C1=C(C2=O)c2cc(C)c(Cl)cc2C1. The molecule has 2 aromatic rings. The second kappa shape index (κ2) is 4.97. The highest BCUT2D eigenvalue weighted by molar-refractivity contribution is 6.34. The van der Waals surface area contributed by atoms with Crippen LogP contribution in [0.15, 0.2) is 35.9 Å². The van der Waals surface area contributed by atoms with Gasteiger partial charge in [-0.15, -0.1) is 0 Å². The minimum Gasteiger partial charge on any atom is -0.497 e. The number of allylic oxidation sites excluding steroid dienone is 2. The average molecular weight is 339 g/mol. The van der Waals surface area contributed by atoms with Crippen molar-refractivity contribution in [2.45, 2.75) is 32.6 Å². The summed E-state index contributed by atoms with van der Waals surface area (Å²) in [7, 11) is 1.65. The summed E-state index contributed by atoms with van der Waals surface area (Å²) < 4.78 is 5.37. The van der Waals surface area contributed by atoms with Gasteiger partial charge in [0, 0.05) is 21.6 Å². The lowest BCUT2D eigenvalue weighted by atomic mass is 9.68. The Hall–Kier alpha value is -2.06. The van der Waals surface area contributed by atoms with Crippen LogP contribution in [0.1, 0.15) is 46.5 Å². The molecule has 0 bridgehead atoms. The predicted molar refractivity (Wildman–Crippen MR) is 97.2 cm³/mol. The number of carbonyl (C=O) groups excluding carboxylic acids is 1. The molecule has 122 valence electrons. The van der Waals surface area contributed by atoms with Crippen molar-refractivity contribution in [2.75, 3.05) is 7.11 Å². The standard InChI is InChI=1S/C21H19ClO2/c1-11-7-15-12(9-18(11)22)8-17-19(15)20(23)14-6-5-13(24-4)10-16(14)21(17,2)3/h5-7,9-10H,8H2,1-4H3. The van der Waals surface area contributed by atoms with Gasteiger partial charge in [0.15, 0.2) is 5.78 Å². The molecule has 0 spiro atoms. The predicted octanol–water partition coefficient (Wildman–Crippen LogP) is 5.14. The molecule has 0 aromatic heterocycles. The summed E-state index contributed by atoms with van der Waals surface area (Å²) in [5, 5.41) is 0.762. The first-order chi connectivity index (χ1) is 11.3. The van der Waals surface area contributed by atoms with Gasteiger partial charge >= 0.3 is 0 Å². The number of fused-ring (bicyclic) bond motifs is 3. The Labute approximate surface area is 147 Å². The molecular weight excluding hydrogens is 320 g/mol. The molecule has 3 heteroatoms. The lowest BCUT2D eigenvalue weighted by molar-refractivity contribution is 0.105. The smallest absolute Gasteiger partial charge is 0.193 e. The van der Waals surface area contributed by atoms with Gasteiger partial charge in [0.2, 0.25) is 0 Å². The topological polar surface area (TPSA) is 26.3 Å². The quantitative estimate of drug-likeness (QED) is 0.719. The number of aryl methyl sites for hydroxylation is 1. The van der Waals surface area contributed by atoms with E-state index in [1.165, 1.54) is 5.57 Å². The van der Waals surface area contributed by atoms with Crippen LogP contribution in [0.3, 0.4) is 0 Å². The number of hydrogen-bond acceptors (Lipinski definition) is 2. The van der Waals surface area contributed by atoms with Crippen molar-refractivity contribution in [2.24, 2.45) is 0 Å². The van der Waals surface area contributed by atoms with Gasteiger partial charge in [0.1, 0.15) is 5.75 Å². The third kappa shape index (κ3) is 1.93. The molecule has 0 heterocycles. The maximum atomic E-state index is 13.2. The molecule has 0 fully saturated rings. The second-order valence-electron chi connectivity index (χ2n) is 7.15. The molecule has 0 saturated carbocycles. The number of benzene rings is 2. The largest absolute Gasteiger partial charge is 0.497 e. The second-order valence-corrected chi connectivity index (χ2v) is 7.56. The average Bonchev–Trinajstić information content (AvgIpc) is 2.92. The monoisotopic (exact) mass is 338 g/mol. The molecule has 2 aromatic carbocycles. The molecule has 2 aliphatic carbocycles. The van der Waals surface area contributed by atoms with Crippen LogP contribution in [0.4, 0.5) is 0 Å². The molecule has 0 aliphatic heterocycles. The van der Waals surface area contributed by atoms with E-state index in [0.717, 1.165) is 50.6 Å². The normalized spacial score (nSPS) is 17.5. The Balaban J connectivity index is 1.97. The van der Waals surface area contributed by atoms with Crippen LogP contribution >= 0.6 is 11.6 Å². The molecule has 2 nitrogen and oxygen atoms in total. The van der Waals surface area contributed by atoms with Crippen molar-refractivity contribution < 1.29 is 9.53 Å². The molecule has 2 aliphatic rings. The number of methoxy groups -OCH3 is 1. The number of halogens is 1. The highest BCUT2D eigenvalue weighted by Gasteiger charge is 2.43. The fourth-order valence-corrected chi connectivity index (χ4v) is 4.18. The number of carbonyl (C=O) groups is 1. The first-order valence-corrected chi connectivity index (χ1v) is 8.48. The van der Waals surface area contributed by atoms with Crippen LogP contribution in [-0.2, 0) is 11.8 Å². The van der Waals surface area contributed by atoms with E-state index >= 15 is 0 Å². The molecule has 0 unspecified atom stereocenters. The first kappa shape index (κ1) is 15.5. The van der Waals surface area contributed by atoms with Gasteiger partial charge in [0.25, 0.3) is 0 Å². The molecule has 4 rings (SSSR count). The molecule has 0 radical (unpaired) electrons. The van der Waals surface area contributed by atoms with Gasteiger partial charge in [-0.25, -0.2) is 0 Å². The van der Waals surface area contributed by atoms with Gasteiger partial charge in [-0.3, -0.25) is 4.79 Å². The first-order valence-electron chi connectivity index (χ1n) is 8.11. The van der Waals surface area contributed by atoms with E-state index in [1.54, 1.807) is 7.11 Å². The number of ether oxygens (including phenoxy) is 1. The van der Waals surface area contributed by atoms with Crippen molar-refractivity contribution >= 4 is 23.0 Å². The maximum Gasteiger partial charge on any atom is 0.193 e. The zero-order valence-electron chi connectivity index (χ0n) is 14.3. The van der Waals surface area contributed by atoms with E-state index in [1.807, 2.05) is 31.2 Å². The highest BCUT2D eigenvalue weighted by atomic mass is 35.5. The summed E-state index contributed by atoms with van der Waals surface area (Å²) in [6.45, 7) is 6.36. The van der Waals surface area contributed by atoms with E-state index in [2.05, 4.69) is 19.9 Å². The van der Waals surface area contributed by atoms with Crippen LogP contribution in [0.2, 0.25) is 5.02 Å². The fraction of sp³-hybridized carbons (Fsp3) is 0.286. The molecular formula is C21H19ClO2. The third-order valence-corrected chi connectivity index (χ3v) is 5.86. The van der Waals surface area contributed by atoms with Crippen LogP contribution in [-0.4, -0.2) is 12.9 Å². The Kier molecular flexibility index (Phi) is 3.20. The van der Waals surface area contributed by atoms with Crippen LogP contribution < -0.4 is 4.74 Å². The van der Waals surface area contributed by atoms with Crippen LogP contribution in [0, 0.1) is 6.92 Å². The van der Waals surface area contributed by atoms with Crippen LogP contribution in [0.5, 0.6) is 5.75 Å². The summed E-state index contributed by atoms with van der Waals surface area (Å²) in [4.78, 5) is 13.2. The maximum absolute atomic E-state index is 13.2. The Morgan fingerprint density at radius 2 is 1.88 bits per heavy atom. The molecule has 24 heavy (non-hydrogen) atoms. The summed E-state index contributed by atoms with van der Waals surface area (Å²) in [5.74, 6) is 0.899. The summed E-state index contributed by atoms with van der Waals surface area (Å²) >= 11 is 6.31. The van der Waals surface area contributed by atoms with Crippen molar-refractivity contribution in [1.82, 2.24) is 0 Å². The summed E-state index contributed by atoms with van der Waals surface area (Å²) in [6, 6.07) is 9.82. The summed E-state index contributed by atoms with van der Waals surface area (Å²) in [5.41, 5.74) is 6.86. The number of Topliss-reactive ketones (excluding diaryl/α,β-unsaturated/α-hetero) is 1. The highest BCUT2D eigenvalue weighted by Crippen LogP contribution is 2.50. The van der Waals surface area contributed by atoms with Gasteiger partial charge in [-0.2, -0.15) is 0 Å². The number of ketones is 1. The van der Waals surface area contributed by atoms with Gasteiger partial charge in [-0.1, -0.05) is 25.4 Å². The van der Waals surface area contributed by atoms with Crippen LogP contribution in [0.25, 0.3) is 5.57 Å². The molecule has 0 amide bonds. The van der Waals surface area contributed by atoms with Gasteiger partial charge < -0.3 is 4.74 Å². The van der Waals surface area contributed by atoms with Crippen molar-refractivity contribution in [3.05, 3.63) is 68.7 Å². The van der Waals surface area contributed by atoms with Gasteiger partial charge in [0.05, 0.1) is 7.11 Å². The molecule has 0 N–H and O–H groups in total. The van der Waals surface area contributed by atoms with E-state index in [4.69, 9.17) is 16.3 Å². The van der Waals surface area contributed by atoms with Crippen molar-refractivity contribution in [3.63, 3.8) is 0 Å².